The normalized spacial score (nSPS) is 9.84. The van der Waals surface area contributed by atoms with E-state index in [-0.39, 0.29) is 24.6 Å². The lowest BCUT2D eigenvalue weighted by Crippen LogP contribution is -2.20. The number of thiocarbonyl (C=S) groups is 1. The summed E-state index contributed by atoms with van der Waals surface area (Å²) in [6.07, 6.45) is 0.261. The molecule has 1 aromatic rings. The van der Waals surface area contributed by atoms with E-state index in [9.17, 15) is 9.59 Å². The highest BCUT2D eigenvalue weighted by atomic mass is 32.1. The van der Waals surface area contributed by atoms with Crippen molar-refractivity contribution in [1.82, 2.24) is 4.90 Å². The van der Waals surface area contributed by atoms with Crippen LogP contribution in [0, 0.1) is 0 Å². The third kappa shape index (κ3) is 4.44. The number of carbonyl (C=O) groups excluding carboxylic acids is 2. The molecule has 102 valence electrons. The van der Waals surface area contributed by atoms with E-state index in [0.29, 0.717) is 10.6 Å². The maximum absolute atomic E-state index is 11.8. The molecule has 5 heteroatoms. The standard InChI is InChI=1S/C14H17NO3S/c1-15(2)14(19)11-6-4-10(5-7-11)12(16)8-9-13(17)18-3/h4-7H,8-9H2,1-3H3. The van der Waals surface area contributed by atoms with Crippen molar-refractivity contribution in [1.29, 1.82) is 0 Å². The Balaban J connectivity index is 2.68. The zero-order valence-electron chi connectivity index (χ0n) is 11.3. The number of ketones is 1. The van der Waals surface area contributed by atoms with Gasteiger partial charge >= 0.3 is 5.97 Å². The van der Waals surface area contributed by atoms with Crippen LogP contribution in [0.4, 0.5) is 0 Å². The summed E-state index contributed by atoms with van der Waals surface area (Å²) in [5, 5.41) is 0. The van der Waals surface area contributed by atoms with Crippen LogP contribution in [0.5, 0.6) is 0 Å². The van der Waals surface area contributed by atoms with Gasteiger partial charge in [0, 0.05) is 31.6 Å². The summed E-state index contributed by atoms with van der Waals surface area (Å²) in [5.41, 5.74) is 1.47. The molecule has 0 saturated carbocycles. The van der Waals surface area contributed by atoms with E-state index in [0.717, 1.165) is 5.56 Å². The van der Waals surface area contributed by atoms with Gasteiger partial charge in [-0.15, -0.1) is 0 Å². The molecule has 19 heavy (non-hydrogen) atoms. The first-order chi connectivity index (χ1) is 8.95. The molecule has 0 aliphatic heterocycles. The predicted octanol–water partition coefficient (Wildman–Crippen LogP) is 2.06. The zero-order chi connectivity index (χ0) is 14.4. The Kier molecular flexibility index (Phi) is 5.63. The van der Waals surface area contributed by atoms with Gasteiger partial charge in [-0.25, -0.2) is 0 Å². The van der Waals surface area contributed by atoms with Crippen molar-refractivity contribution in [2.45, 2.75) is 12.8 Å². The molecule has 4 nitrogen and oxygen atoms in total. The Bertz CT molecular complexity index is 480. The molecule has 0 unspecified atom stereocenters. The number of nitrogens with zero attached hydrogens (tertiary/aromatic N) is 1. The molecule has 0 aromatic heterocycles. The molecule has 0 bridgehead atoms. The summed E-state index contributed by atoms with van der Waals surface area (Å²) in [6.45, 7) is 0. The number of carbonyl (C=O) groups is 2. The molecule has 0 fully saturated rings. The first kappa shape index (κ1) is 15.3. The summed E-state index contributed by atoms with van der Waals surface area (Å²) >= 11 is 5.23. The number of hydrogen-bond donors (Lipinski definition) is 0. The van der Waals surface area contributed by atoms with Crippen LogP contribution in [0.25, 0.3) is 0 Å². The fourth-order valence-corrected chi connectivity index (χ4v) is 1.65. The van der Waals surface area contributed by atoms with E-state index in [1.54, 1.807) is 12.1 Å². The third-order valence-corrected chi connectivity index (χ3v) is 3.24. The summed E-state index contributed by atoms with van der Waals surface area (Å²) in [5.74, 6) is -0.452. The van der Waals surface area contributed by atoms with Gasteiger partial charge in [-0.1, -0.05) is 36.5 Å². The fraction of sp³-hybridized carbons (Fsp3) is 0.357. The molecule has 0 aliphatic carbocycles. The molecule has 0 N–H and O–H groups in total. The molecule has 1 rings (SSSR count). The van der Waals surface area contributed by atoms with Gasteiger partial charge in [-0.05, 0) is 0 Å². The van der Waals surface area contributed by atoms with Gasteiger partial charge < -0.3 is 9.64 Å². The van der Waals surface area contributed by atoms with Crippen molar-refractivity contribution in [2.75, 3.05) is 21.2 Å². The summed E-state index contributed by atoms with van der Waals surface area (Å²) in [4.78, 5) is 25.4. The van der Waals surface area contributed by atoms with Crippen molar-refractivity contribution in [3.8, 4) is 0 Å². The van der Waals surface area contributed by atoms with Crippen LogP contribution < -0.4 is 0 Å². The molecule has 0 amide bonds. The molecule has 0 saturated heterocycles. The van der Waals surface area contributed by atoms with Gasteiger partial charge in [0.25, 0.3) is 0 Å². The Hall–Kier alpha value is -1.75. The second kappa shape index (κ2) is 6.99. The van der Waals surface area contributed by atoms with Crippen LogP contribution >= 0.6 is 12.2 Å². The number of rotatable bonds is 5. The lowest BCUT2D eigenvalue weighted by Gasteiger charge is -2.13. The molecule has 1 aromatic carbocycles. The van der Waals surface area contributed by atoms with Gasteiger partial charge in [0.1, 0.15) is 4.99 Å². The van der Waals surface area contributed by atoms with Gasteiger partial charge in [0.15, 0.2) is 5.78 Å². The van der Waals surface area contributed by atoms with Crippen molar-refractivity contribution >= 4 is 29.0 Å². The van der Waals surface area contributed by atoms with Gasteiger partial charge in [-0.3, -0.25) is 9.59 Å². The Morgan fingerprint density at radius 3 is 2.11 bits per heavy atom. The lowest BCUT2D eigenvalue weighted by molar-refractivity contribution is -0.140. The topological polar surface area (TPSA) is 46.6 Å². The van der Waals surface area contributed by atoms with E-state index < -0.39 is 0 Å². The smallest absolute Gasteiger partial charge is 0.305 e. The number of benzene rings is 1. The second-order valence-electron chi connectivity index (χ2n) is 4.28. The summed E-state index contributed by atoms with van der Waals surface area (Å²) < 4.78 is 4.50. The average Bonchev–Trinajstić information content (AvgIpc) is 2.43. The number of Topliss-reactive ketones (excluding diaryl/α,β-unsaturated/α-hetero) is 1. The fourth-order valence-electron chi connectivity index (χ4n) is 1.52. The molecular weight excluding hydrogens is 262 g/mol. The molecular formula is C14H17NO3S. The zero-order valence-corrected chi connectivity index (χ0v) is 12.1. The van der Waals surface area contributed by atoms with Crippen LogP contribution in [0.3, 0.4) is 0 Å². The number of hydrogen-bond acceptors (Lipinski definition) is 4. The van der Waals surface area contributed by atoms with Crippen molar-refractivity contribution in [3.05, 3.63) is 35.4 Å². The van der Waals surface area contributed by atoms with Gasteiger partial charge in [-0.2, -0.15) is 0 Å². The van der Waals surface area contributed by atoms with Gasteiger partial charge in [0.2, 0.25) is 0 Å². The maximum atomic E-state index is 11.8. The average molecular weight is 279 g/mol. The SMILES string of the molecule is COC(=O)CCC(=O)c1ccc(C(=S)N(C)C)cc1. The van der Waals surface area contributed by atoms with Crippen LogP contribution in [0.15, 0.2) is 24.3 Å². The van der Waals surface area contributed by atoms with E-state index in [1.165, 1.54) is 7.11 Å². The van der Waals surface area contributed by atoms with Crippen molar-refractivity contribution in [2.24, 2.45) is 0 Å². The highest BCUT2D eigenvalue weighted by molar-refractivity contribution is 7.80. The quantitative estimate of drug-likeness (QED) is 0.469. The molecule has 0 heterocycles. The molecule has 0 atom stereocenters. The van der Waals surface area contributed by atoms with Crippen LogP contribution in [-0.2, 0) is 9.53 Å². The Morgan fingerprint density at radius 1 is 1.11 bits per heavy atom. The summed E-state index contributed by atoms with van der Waals surface area (Å²) in [6, 6.07) is 7.08. The lowest BCUT2D eigenvalue weighted by atomic mass is 10.0. The van der Waals surface area contributed by atoms with E-state index in [1.807, 2.05) is 31.1 Å². The van der Waals surface area contributed by atoms with Crippen LogP contribution in [-0.4, -0.2) is 42.8 Å². The van der Waals surface area contributed by atoms with E-state index in [2.05, 4.69) is 4.74 Å². The van der Waals surface area contributed by atoms with Crippen LogP contribution in [0.2, 0.25) is 0 Å². The molecule has 0 spiro atoms. The number of ether oxygens (including phenoxy) is 1. The third-order valence-electron chi connectivity index (χ3n) is 2.64. The minimum Gasteiger partial charge on any atom is -0.469 e. The predicted molar refractivity (Wildman–Crippen MR) is 77.4 cm³/mol. The molecule has 0 radical (unpaired) electrons. The number of methoxy groups -OCH3 is 1. The van der Waals surface area contributed by atoms with Crippen LogP contribution in [0.1, 0.15) is 28.8 Å². The van der Waals surface area contributed by atoms with Crippen molar-refractivity contribution in [3.63, 3.8) is 0 Å². The van der Waals surface area contributed by atoms with Gasteiger partial charge in [0.05, 0.1) is 13.5 Å². The van der Waals surface area contributed by atoms with E-state index in [4.69, 9.17) is 12.2 Å². The van der Waals surface area contributed by atoms with E-state index >= 15 is 0 Å². The second-order valence-corrected chi connectivity index (χ2v) is 4.66. The number of esters is 1. The highest BCUT2D eigenvalue weighted by Gasteiger charge is 2.10. The first-order valence-electron chi connectivity index (χ1n) is 5.87. The Labute approximate surface area is 118 Å². The molecule has 0 aliphatic rings. The summed E-state index contributed by atoms with van der Waals surface area (Å²) in [7, 11) is 5.05. The Morgan fingerprint density at radius 2 is 1.63 bits per heavy atom. The highest BCUT2D eigenvalue weighted by Crippen LogP contribution is 2.10. The first-order valence-corrected chi connectivity index (χ1v) is 6.28. The van der Waals surface area contributed by atoms with Crippen molar-refractivity contribution < 1.29 is 14.3 Å². The minimum atomic E-state index is -0.376. The maximum Gasteiger partial charge on any atom is 0.305 e. The monoisotopic (exact) mass is 279 g/mol. The minimum absolute atomic E-state index is 0.0762. The largest absolute Gasteiger partial charge is 0.469 e.